The number of amides is 1. The van der Waals surface area contributed by atoms with Gasteiger partial charge in [0.2, 0.25) is 0 Å². The van der Waals surface area contributed by atoms with Crippen LogP contribution in [0.25, 0.3) is 11.5 Å². The Bertz CT molecular complexity index is 1040. The summed E-state index contributed by atoms with van der Waals surface area (Å²) in [4.78, 5) is 20.5. The highest BCUT2D eigenvalue weighted by Crippen LogP contribution is 2.28. The van der Waals surface area contributed by atoms with E-state index in [1.165, 1.54) is 0 Å². The highest BCUT2D eigenvalue weighted by Gasteiger charge is 2.24. The molecule has 0 aliphatic heterocycles. The summed E-state index contributed by atoms with van der Waals surface area (Å²) >= 11 is 0. The van der Waals surface area contributed by atoms with E-state index >= 15 is 0 Å². The van der Waals surface area contributed by atoms with Gasteiger partial charge in [-0.15, -0.1) is 0 Å². The lowest BCUT2D eigenvalue weighted by atomic mass is 9.91. The average molecular weight is 410 g/mol. The SMILES string of the molecule is NC(=O)c1cc(F)c(NC2CCCC[C@@H]2N)nc1Nc1ccnc(-c2ccco2)c1. The Hall–Kier alpha value is -3.46. The standard InChI is InChI=1S/C21H23FN6O2/c22-14-11-13(19(24)29)20(28-21(14)27-16-5-2-1-4-15(16)23)26-12-7-8-25-17(10-12)18-6-3-9-30-18/h3,6-11,15-16H,1-2,4-5,23H2,(H2,24,29)(H2,25,26,27,28)/t15-,16?/m0/s1. The van der Waals surface area contributed by atoms with Crippen molar-refractivity contribution in [3.05, 3.63) is 54.2 Å². The van der Waals surface area contributed by atoms with E-state index in [2.05, 4.69) is 20.6 Å². The molecular weight excluding hydrogens is 387 g/mol. The first-order valence-electron chi connectivity index (χ1n) is 9.80. The Morgan fingerprint density at radius 3 is 2.77 bits per heavy atom. The van der Waals surface area contributed by atoms with Crippen molar-refractivity contribution in [3.63, 3.8) is 0 Å². The van der Waals surface area contributed by atoms with Crippen LogP contribution >= 0.6 is 0 Å². The number of nitrogens with zero attached hydrogens (tertiary/aromatic N) is 2. The van der Waals surface area contributed by atoms with Crippen LogP contribution in [0.1, 0.15) is 36.0 Å². The van der Waals surface area contributed by atoms with E-state index < -0.39 is 11.7 Å². The fourth-order valence-corrected chi connectivity index (χ4v) is 3.59. The van der Waals surface area contributed by atoms with Crippen molar-refractivity contribution >= 4 is 23.2 Å². The summed E-state index contributed by atoms with van der Waals surface area (Å²) in [7, 11) is 0. The molecule has 0 saturated heterocycles. The number of anilines is 3. The van der Waals surface area contributed by atoms with E-state index in [1.807, 2.05) is 0 Å². The number of aromatic nitrogens is 2. The highest BCUT2D eigenvalue weighted by molar-refractivity contribution is 5.98. The lowest BCUT2D eigenvalue weighted by molar-refractivity contribution is 0.100. The summed E-state index contributed by atoms with van der Waals surface area (Å²) in [5, 5.41) is 6.14. The number of nitrogens with two attached hydrogens (primary N) is 2. The van der Waals surface area contributed by atoms with Crippen molar-refractivity contribution < 1.29 is 13.6 Å². The van der Waals surface area contributed by atoms with Gasteiger partial charge in [-0.1, -0.05) is 12.8 Å². The maximum atomic E-state index is 14.6. The van der Waals surface area contributed by atoms with Crippen molar-refractivity contribution in [2.75, 3.05) is 10.6 Å². The van der Waals surface area contributed by atoms with Gasteiger partial charge in [-0.05, 0) is 43.2 Å². The third-order valence-electron chi connectivity index (χ3n) is 5.18. The van der Waals surface area contributed by atoms with Crippen molar-refractivity contribution in [2.45, 2.75) is 37.8 Å². The molecule has 3 aromatic heterocycles. The van der Waals surface area contributed by atoms with Crippen molar-refractivity contribution in [1.82, 2.24) is 9.97 Å². The van der Waals surface area contributed by atoms with E-state index in [1.54, 1.807) is 36.7 Å². The fraction of sp³-hybridized carbons (Fsp3) is 0.286. The van der Waals surface area contributed by atoms with Crippen LogP contribution in [0.15, 0.2) is 47.2 Å². The quantitative estimate of drug-likeness (QED) is 0.489. The molecule has 3 heterocycles. The number of carbonyl (C=O) groups excluding carboxylic acids is 1. The summed E-state index contributed by atoms with van der Waals surface area (Å²) in [5.74, 6) is -0.671. The topological polar surface area (TPSA) is 132 Å². The Labute approximate surface area is 172 Å². The van der Waals surface area contributed by atoms with Crippen LogP contribution < -0.4 is 22.1 Å². The minimum atomic E-state index is -0.787. The van der Waals surface area contributed by atoms with Crippen LogP contribution in [0.5, 0.6) is 0 Å². The molecule has 1 unspecified atom stereocenters. The third-order valence-corrected chi connectivity index (χ3v) is 5.18. The summed E-state index contributed by atoms with van der Waals surface area (Å²) in [6, 6.07) is 7.90. The summed E-state index contributed by atoms with van der Waals surface area (Å²) in [5.41, 5.74) is 12.7. The van der Waals surface area contributed by atoms with Crippen LogP contribution in [-0.4, -0.2) is 28.0 Å². The second kappa shape index (κ2) is 8.50. The van der Waals surface area contributed by atoms with Gasteiger partial charge >= 0.3 is 0 Å². The normalized spacial score (nSPS) is 18.7. The maximum absolute atomic E-state index is 14.6. The Kier molecular flexibility index (Phi) is 5.62. The van der Waals surface area contributed by atoms with Gasteiger partial charge in [-0.2, -0.15) is 0 Å². The number of furan rings is 1. The van der Waals surface area contributed by atoms with Gasteiger partial charge in [0, 0.05) is 24.0 Å². The van der Waals surface area contributed by atoms with Crippen LogP contribution in [0.2, 0.25) is 0 Å². The van der Waals surface area contributed by atoms with Gasteiger partial charge in [0.05, 0.1) is 11.8 Å². The molecule has 1 aliphatic carbocycles. The first-order valence-corrected chi connectivity index (χ1v) is 9.80. The van der Waals surface area contributed by atoms with E-state index in [0.717, 1.165) is 31.7 Å². The average Bonchev–Trinajstić information content (AvgIpc) is 3.27. The van der Waals surface area contributed by atoms with E-state index in [-0.39, 0.29) is 29.3 Å². The fourth-order valence-electron chi connectivity index (χ4n) is 3.59. The molecule has 30 heavy (non-hydrogen) atoms. The molecular formula is C21H23FN6O2. The molecule has 156 valence electrons. The second-order valence-corrected chi connectivity index (χ2v) is 7.31. The Morgan fingerprint density at radius 2 is 2.03 bits per heavy atom. The highest BCUT2D eigenvalue weighted by atomic mass is 19.1. The lowest BCUT2D eigenvalue weighted by Crippen LogP contribution is -2.43. The van der Waals surface area contributed by atoms with Crippen molar-refractivity contribution in [3.8, 4) is 11.5 Å². The van der Waals surface area contributed by atoms with Crippen molar-refractivity contribution in [1.29, 1.82) is 0 Å². The zero-order valence-corrected chi connectivity index (χ0v) is 16.3. The van der Waals surface area contributed by atoms with E-state index in [0.29, 0.717) is 17.1 Å². The molecule has 1 amide bonds. The molecule has 1 fully saturated rings. The maximum Gasteiger partial charge on any atom is 0.252 e. The van der Waals surface area contributed by atoms with Crippen LogP contribution in [0.3, 0.4) is 0 Å². The number of halogens is 1. The zero-order valence-electron chi connectivity index (χ0n) is 16.3. The number of nitrogens with one attached hydrogen (secondary N) is 2. The minimum Gasteiger partial charge on any atom is -0.463 e. The summed E-state index contributed by atoms with van der Waals surface area (Å²) < 4.78 is 20.0. The number of primary amides is 1. The molecule has 8 nitrogen and oxygen atoms in total. The van der Waals surface area contributed by atoms with Crippen molar-refractivity contribution in [2.24, 2.45) is 11.5 Å². The molecule has 0 radical (unpaired) electrons. The Balaban J connectivity index is 1.64. The summed E-state index contributed by atoms with van der Waals surface area (Å²) in [6.45, 7) is 0. The third kappa shape index (κ3) is 4.25. The van der Waals surface area contributed by atoms with Gasteiger partial charge < -0.3 is 26.5 Å². The lowest BCUT2D eigenvalue weighted by Gasteiger charge is -2.30. The smallest absolute Gasteiger partial charge is 0.252 e. The number of hydrogen-bond acceptors (Lipinski definition) is 7. The first-order chi connectivity index (χ1) is 14.5. The van der Waals surface area contributed by atoms with E-state index in [9.17, 15) is 9.18 Å². The number of rotatable bonds is 6. The molecule has 0 spiro atoms. The largest absolute Gasteiger partial charge is 0.463 e. The zero-order chi connectivity index (χ0) is 21.1. The van der Waals surface area contributed by atoms with Gasteiger partial charge in [0.1, 0.15) is 11.5 Å². The van der Waals surface area contributed by atoms with Gasteiger partial charge in [0.15, 0.2) is 17.4 Å². The predicted molar refractivity (Wildman–Crippen MR) is 112 cm³/mol. The minimum absolute atomic E-state index is 0.0326. The number of pyridine rings is 2. The molecule has 9 heteroatoms. The number of hydrogen-bond donors (Lipinski definition) is 4. The first kappa shape index (κ1) is 19.8. The summed E-state index contributed by atoms with van der Waals surface area (Å²) in [6.07, 6.45) is 6.92. The molecule has 1 saturated carbocycles. The molecule has 0 bridgehead atoms. The van der Waals surface area contributed by atoms with Gasteiger partial charge in [0.25, 0.3) is 5.91 Å². The second-order valence-electron chi connectivity index (χ2n) is 7.31. The van der Waals surface area contributed by atoms with Crippen LogP contribution in [-0.2, 0) is 0 Å². The molecule has 3 aromatic rings. The molecule has 6 N–H and O–H groups in total. The predicted octanol–water partition coefficient (Wildman–Crippen LogP) is 3.40. The molecule has 4 rings (SSSR count). The van der Waals surface area contributed by atoms with E-state index in [4.69, 9.17) is 15.9 Å². The van der Waals surface area contributed by atoms with Gasteiger partial charge in [-0.25, -0.2) is 9.37 Å². The monoisotopic (exact) mass is 410 g/mol. The number of carbonyl (C=O) groups is 1. The molecule has 1 aliphatic rings. The Morgan fingerprint density at radius 1 is 1.20 bits per heavy atom. The molecule has 0 aromatic carbocycles. The van der Waals surface area contributed by atoms with Crippen LogP contribution in [0.4, 0.5) is 21.7 Å². The van der Waals surface area contributed by atoms with Crippen LogP contribution in [0, 0.1) is 5.82 Å². The van der Waals surface area contributed by atoms with Gasteiger partial charge in [-0.3, -0.25) is 9.78 Å². The molecule has 2 atom stereocenters.